The molecule has 1 aromatic carbocycles. The molecule has 0 bridgehead atoms. The summed E-state index contributed by atoms with van der Waals surface area (Å²) in [5, 5.41) is 7.52. The van der Waals surface area contributed by atoms with Crippen LogP contribution < -0.4 is 5.32 Å². The Morgan fingerprint density at radius 2 is 2.10 bits per heavy atom. The lowest BCUT2D eigenvalue weighted by Crippen LogP contribution is -2.32. The molecule has 1 aliphatic rings. The van der Waals surface area contributed by atoms with Crippen LogP contribution in [-0.2, 0) is 16.4 Å². The second-order valence-electron chi connectivity index (χ2n) is 5.36. The summed E-state index contributed by atoms with van der Waals surface area (Å²) in [5.74, 6) is 0.562. The fourth-order valence-corrected chi connectivity index (χ4v) is 4.02. The lowest BCUT2D eigenvalue weighted by molar-refractivity contribution is 0.559. The number of sulfone groups is 1. The van der Waals surface area contributed by atoms with Crippen LogP contribution in [0.5, 0.6) is 0 Å². The van der Waals surface area contributed by atoms with Gasteiger partial charge in [0.1, 0.15) is 22.5 Å². The van der Waals surface area contributed by atoms with Gasteiger partial charge in [0.15, 0.2) is 0 Å². The van der Waals surface area contributed by atoms with E-state index in [0.717, 1.165) is 11.3 Å². The zero-order valence-corrected chi connectivity index (χ0v) is 12.5. The zero-order valence-electron chi connectivity index (χ0n) is 11.6. The number of aromatic nitrogens is 3. The van der Waals surface area contributed by atoms with Gasteiger partial charge in [0, 0.05) is 11.7 Å². The van der Waals surface area contributed by atoms with Gasteiger partial charge in [0.05, 0.1) is 18.1 Å². The number of anilines is 1. The number of rotatable bonds is 4. The first-order valence-corrected chi connectivity index (χ1v) is 8.81. The maximum atomic E-state index is 11.4. The minimum absolute atomic E-state index is 0.232. The van der Waals surface area contributed by atoms with Crippen LogP contribution in [0.3, 0.4) is 0 Å². The Labute approximate surface area is 124 Å². The molecule has 0 amide bonds. The molecule has 2 aromatic rings. The molecule has 3 rings (SSSR count). The Balaban J connectivity index is 1.64. The van der Waals surface area contributed by atoms with Gasteiger partial charge >= 0.3 is 0 Å². The molecule has 1 aromatic heterocycles. The second kappa shape index (κ2) is 5.85. The fourth-order valence-electron chi connectivity index (χ4n) is 2.53. The summed E-state index contributed by atoms with van der Waals surface area (Å²) in [4.78, 5) is 3.93. The van der Waals surface area contributed by atoms with E-state index in [2.05, 4.69) is 21.5 Å². The average molecular weight is 306 g/mol. The minimum Gasteiger partial charge on any atom is -0.382 e. The van der Waals surface area contributed by atoms with Gasteiger partial charge in [-0.05, 0) is 30.5 Å². The number of hydrogen-bond acceptors (Lipinski definition) is 5. The molecule has 0 saturated carbocycles. The van der Waals surface area contributed by atoms with Crippen LogP contribution in [0.4, 0.5) is 5.69 Å². The molecule has 7 heteroatoms. The van der Waals surface area contributed by atoms with E-state index >= 15 is 0 Å². The van der Waals surface area contributed by atoms with Gasteiger partial charge in [0.2, 0.25) is 0 Å². The average Bonchev–Trinajstić information content (AvgIpc) is 2.95. The van der Waals surface area contributed by atoms with Crippen LogP contribution >= 0.6 is 0 Å². The zero-order chi connectivity index (χ0) is 14.7. The number of nitrogens with zero attached hydrogens (tertiary/aromatic N) is 3. The summed E-state index contributed by atoms with van der Waals surface area (Å²) >= 11 is 0. The largest absolute Gasteiger partial charge is 0.382 e. The van der Waals surface area contributed by atoms with Crippen molar-refractivity contribution in [1.29, 1.82) is 0 Å². The topological polar surface area (TPSA) is 76.9 Å². The van der Waals surface area contributed by atoms with E-state index < -0.39 is 9.84 Å². The minimum atomic E-state index is -2.81. The highest BCUT2D eigenvalue weighted by Crippen LogP contribution is 2.19. The standard InChI is InChI=1S/C14H18N4O2S/c19-21(20)6-4-13(5-7-21)17-14-3-1-2-12(8-14)9-18-11-15-10-16-18/h1-3,8,10-11,13,17H,4-7,9H2. The molecule has 1 N–H and O–H groups in total. The number of hydrogen-bond donors (Lipinski definition) is 1. The molecule has 0 atom stereocenters. The van der Waals surface area contributed by atoms with Gasteiger partial charge in [-0.1, -0.05) is 12.1 Å². The maximum Gasteiger partial charge on any atom is 0.150 e. The predicted molar refractivity (Wildman–Crippen MR) is 80.9 cm³/mol. The fraction of sp³-hybridized carbons (Fsp3) is 0.429. The van der Waals surface area contributed by atoms with E-state index in [-0.39, 0.29) is 17.5 Å². The lowest BCUT2D eigenvalue weighted by Gasteiger charge is -2.24. The quantitative estimate of drug-likeness (QED) is 0.922. The van der Waals surface area contributed by atoms with Crippen molar-refractivity contribution in [1.82, 2.24) is 14.8 Å². The van der Waals surface area contributed by atoms with Crippen molar-refractivity contribution in [3.05, 3.63) is 42.5 Å². The van der Waals surface area contributed by atoms with E-state index in [1.165, 1.54) is 6.33 Å². The molecule has 0 aliphatic carbocycles. The summed E-state index contributed by atoms with van der Waals surface area (Å²) in [6.45, 7) is 0.675. The van der Waals surface area contributed by atoms with E-state index in [4.69, 9.17) is 0 Å². The van der Waals surface area contributed by atoms with Crippen LogP contribution in [0.1, 0.15) is 18.4 Å². The summed E-state index contributed by atoms with van der Waals surface area (Å²) in [6.07, 6.45) is 4.56. The highest BCUT2D eigenvalue weighted by molar-refractivity contribution is 7.91. The van der Waals surface area contributed by atoms with Crippen molar-refractivity contribution in [2.45, 2.75) is 25.4 Å². The Bertz CT molecular complexity index is 684. The SMILES string of the molecule is O=S1(=O)CCC(Nc2cccc(Cn3cncn3)c2)CC1. The molecule has 6 nitrogen and oxygen atoms in total. The molecular formula is C14H18N4O2S. The van der Waals surface area contributed by atoms with Gasteiger partial charge in [0.25, 0.3) is 0 Å². The van der Waals surface area contributed by atoms with Crippen molar-refractivity contribution in [2.75, 3.05) is 16.8 Å². The molecule has 0 spiro atoms. The summed E-state index contributed by atoms with van der Waals surface area (Å²) < 4.78 is 24.6. The Kier molecular flexibility index (Phi) is 3.92. The molecule has 0 radical (unpaired) electrons. The highest BCUT2D eigenvalue weighted by atomic mass is 32.2. The second-order valence-corrected chi connectivity index (χ2v) is 7.67. The first kappa shape index (κ1) is 14.1. The third-order valence-electron chi connectivity index (χ3n) is 3.66. The maximum absolute atomic E-state index is 11.4. The van der Waals surface area contributed by atoms with Crippen molar-refractivity contribution >= 4 is 15.5 Å². The van der Waals surface area contributed by atoms with Crippen LogP contribution in [-0.4, -0.2) is 40.7 Å². The van der Waals surface area contributed by atoms with Gasteiger partial charge in [-0.25, -0.2) is 18.1 Å². The first-order valence-electron chi connectivity index (χ1n) is 6.99. The molecule has 1 saturated heterocycles. The highest BCUT2D eigenvalue weighted by Gasteiger charge is 2.23. The monoisotopic (exact) mass is 306 g/mol. The van der Waals surface area contributed by atoms with E-state index in [0.29, 0.717) is 19.4 Å². The Morgan fingerprint density at radius 3 is 2.81 bits per heavy atom. The van der Waals surface area contributed by atoms with Crippen LogP contribution in [0.25, 0.3) is 0 Å². The number of benzene rings is 1. The smallest absolute Gasteiger partial charge is 0.150 e. The van der Waals surface area contributed by atoms with Crippen molar-refractivity contribution in [2.24, 2.45) is 0 Å². The van der Waals surface area contributed by atoms with Gasteiger partial charge < -0.3 is 5.32 Å². The third kappa shape index (κ3) is 3.81. The normalized spacial score (nSPS) is 18.5. The van der Waals surface area contributed by atoms with E-state index in [1.54, 1.807) is 11.0 Å². The van der Waals surface area contributed by atoms with Crippen molar-refractivity contribution in [3.63, 3.8) is 0 Å². The molecule has 0 unspecified atom stereocenters. The molecule has 2 heterocycles. The molecule has 21 heavy (non-hydrogen) atoms. The van der Waals surface area contributed by atoms with Gasteiger partial charge in [-0.3, -0.25) is 0 Å². The summed E-state index contributed by atoms with van der Waals surface area (Å²) in [6, 6.07) is 8.35. The predicted octanol–water partition coefficient (Wildman–Crippen LogP) is 1.32. The summed E-state index contributed by atoms with van der Waals surface area (Å²) in [5.41, 5.74) is 2.16. The third-order valence-corrected chi connectivity index (χ3v) is 5.38. The van der Waals surface area contributed by atoms with Crippen LogP contribution in [0.2, 0.25) is 0 Å². The van der Waals surface area contributed by atoms with Crippen LogP contribution in [0, 0.1) is 0 Å². The van der Waals surface area contributed by atoms with Gasteiger partial charge in [-0.15, -0.1) is 0 Å². The Morgan fingerprint density at radius 1 is 1.29 bits per heavy atom. The molecule has 1 fully saturated rings. The lowest BCUT2D eigenvalue weighted by atomic mass is 10.1. The number of nitrogens with one attached hydrogen (secondary N) is 1. The van der Waals surface area contributed by atoms with Gasteiger partial charge in [-0.2, -0.15) is 5.10 Å². The Hall–Kier alpha value is -1.89. The van der Waals surface area contributed by atoms with Crippen molar-refractivity contribution in [3.8, 4) is 0 Å². The first-order chi connectivity index (χ1) is 10.1. The molecular weight excluding hydrogens is 288 g/mol. The van der Waals surface area contributed by atoms with Crippen molar-refractivity contribution < 1.29 is 8.42 Å². The van der Waals surface area contributed by atoms with E-state index in [1.807, 2.05) is 18.2 Å². The molecule has 112 valence electrons. The van der Waals surface area contributed by atoms with Crippen LogP contribution in [0.15, 0.2) is 36.9 Å². The summed E-state index contributed by atoms with van der Waals surface area (Å²) in [7, 11) is -2.81. The molecule has 1 aliphatic heterocycles. The van der Waals surface area contributed by atoms with E-state index in [9.17, 15) is 8.42 Å².